The fourth-order valence-electron chi connectivity index (χ4n) is 2.14. The predicted molar refractivity (Wildman–Crippen MR) is 77.8 cm³/mol. The summed E-state index contributed by atoms with van der Waals surface area (Å²) in [4.78, 5) is 29.8. The van der Waals surface area contributed by atoms with Crippen LogP contribution in [0.5, 0.6) is 0 Å². The Morgan fingerprint density at radius 1 is 1.67 bits per heavy atom. The molecule has 2 N–H and O–H groups in total. The molecule has 0 spiro atoms. The van der Waals surface area contributed by atoms with E-state index in [4.69, 9.17) is 10.3 Å². The lowest BCUT2D eigenvalue weighted by Gasteiger charge is -2.14. The van der Waals surface area contributed by atoms with Crippen LogP contribution in [0.15, 0.2) is 25.9 Å². The molecule has 1 saturated heterocycles. The maximum Gasteiger partial charge on any atom is 0.330 e. The first-order chi connectivity index (χ1) is 10.1. The normalized spacial score (nSPS) is 25.1. The second kappa shape index (κ2) is 6.72. The van der Waals surface area contributed by atoms with Crippen molar-refractivity contribution in [3.63, 3.8) is 0 Å². The van der Waals surface area contributed by atoms with Crippen LogP contribution in [0.3, 0.4) is 0 Å². The summed E-state index contributed by atoms with van der Waals surface area (Å²) in [6, 6.07) is -0.570. The van der Waals surface area contributed by atoms with Crippen molar-refractivity contribution in [2.24, 2.45) is 5.11 Å². The van der Waals surface area contributed by atoms with Gasteiger partial charge in [-0.3, -0.25) is 14.3 Å². The molecule has 0 aromatic carbocycles. The van der Waals surface area contributed by atoms with E-state index >= 15 is 0 Å². The smallest absolute Gasteiger partial charge is 0.330 e. The highest BCUT2D eigenvalue weighted by Crippen LogP contribution is 2.29. The number of aliphatic hydroxyl groups is 1. The Morgan fingerprint density at radius 3 is 3.05 bits per heavy atom. The number of nitrogens with zero attached hydrogens (tertiary/aromatic N) is 4. The highest BCUT2D eigenvalue weighted by molar-refractivity contribution is 9.11. The summed E-state index contributed by atoms with van der Waals surface area (Å²) >= 11 is 3.06. The minimum atomic E-state index is -0.718. The van der Waals surface area contributed by atoms with Crippen molar-refractivity contribution in [1.29, 1.82) is 0 Å². The third-order valence-corrected chi connectivity index (χ3v) is 3.40. The molecule has 0 radical (unpaired) electrons. The summed E-state index contributed by atoms with van der Waals surface area (Å²) in [5.74, 6) is 0. The minimum absolute atomic E-state index is 0.235. The quantitative estimate of drug-likeness (QED) is 0.469. The maximum absolute atomic E-state index is 11.9. The molecule has 10 heteroatoms. The van der Waals surface area contributed by atoms with Crippen molar-refractivity contribution in [3.8, 4) is 0 Å². The van der Waals surface area contributed by atoms with Crippen LogP contribution < -0.4 is 11.2 Å². The molecule has 1 aromatic rings. The van der Waals surface area contributed by atoms with E-state index in [1.807, 2.05) is 0 Å². The lowest BCUT2D eigenvalue weighted by molar-refractivity contribution is -0.0271. The number of azide groups is 1. The second-order valence-corrected chi connectivity index (χ2v) is 4.89. The van der Waals surface area contributed by atoms with E-state index in [1.54, 1.807) is 0 Å². The monoisotopic (exact) mass is 357 g/mol. The molecule has 21 heavy (non-hydrogen) atoms. The number of rotatable bonds is 4. The molecule has 2 rings (SSSR count). The minimum Gasteiger partial charge on any atom is -0.394 e. The van der Waals surface area contributed by atoms with Crippen LogP contribution in [-0.2, 0) is 4.74 Å². The first-order valence-corrected chi connectivity index (χ1v) is 6.95. The van der Waals surface area contributed by atoms with E-state index in [1.165, 1.54) is 21.8 Å². The number of nitrogens with one attached hydrogen (secondary N) is 1. The summed E-state index contributed by atoms with van der Waals surface area (Å²) in [6.45, 7) is -0.327. The third kappa shape index (κ3) is 3.24. The molecule has 1 aromatic heterocycles. The lowest BCUT2D eigenvalue weighted by Crippen LogP contribution is -2.33. The molecule has 3 atom stereocenters. The molecule has 1 fully saturated rings. The van der Waals surface area contributed by atoms with Crippen molar-refractivity contribution in [2.75, 3.05) is 6.61 Å². The number of halogens is 1. The maximum atomic E-state index is 11.9. The number of aromatic nitrogens is 2. The predicted octanol–water partition coefficient (Wildman–Crippen LogP) is 0.861. The largest absolute Gasteiger partial charge is 0.394 e. The van der Waals surface area contributed by atoms with Crippen LogP contribution in [-0.4, -0.2) is 33.4 Å². The Hall–Kier alpha value is -1.87. The van der Waals surface area contributed by atoms with Gasteiger partial charge in [0, 0.05) is 17.5 Å². The van der Waals surface area contributed by atoms with Gasteiger partial charge in [-0.15, -0.1) is 0 Å². The number of H-pyrrole nitrogens is 1. The Kier molecular flexibility index (Phi) is 4.97. The zero-order chi connectivity index (χ0) is 15.4. The zero-order valence-electron chi connectivity index (χ0n) is 10.7. The Morgan fingerprint density at radius 2 is 2.43 bits per heavy atom. The number of aliphatic hydroxyl groups excluding tert-OH is 1. The van der Waals surface area contributed by atoms with Gasteiger partial charge < -0.3 is 9.84 Å². The molecule has 1 aliphatic rings. The van der Waals surface area contributed by atoms with Crippen LogP contribution in [0.2, 0.25) is 0 Å². The van der Waals surface area contributed by atoms with Crippen LogP contribution in [0, 0.1) is 0 Å². The second-order valence-electron chi connectivity index (χ2n) is 4.36. The van der Waals surface area contributed by atoms with E-state index in [0.717, 1.165) is 0 Å². The summed E-state index contributed by atoms with van der Waals surface area (Å²) in [7, 11) is 0. The standard InChI is InChI=1S/C11H12BrN5O4/c12-2-1-6-4-17(11(20)14-10(6)19)9-3-7(15-16-13)8(5-18)21-9/h1-2,4,7-9,18H,3,5H2,(H,14,19,20)/b2-1+/t7-,8-,9?/m1/s1. The molecule has 0 saturated carbocycles. The van der Waals surface area contributed by atoms with Gasteiger partial charge in [0.1, 0.15) is 6.23 Å². The molecule has 2 heterocycles. The summed E-state index contributed by atoms with van der Waals surface area (Å²) < 4.78 is 6.71. The molecular weight excluding hydrogens is 346 g/mol. The summed E-state index contributed by atoms with van der Waals surface area (Å²) in [5.41, 5.74) is 7.61. The number of ether oxygens (including phenoxy) is 1. The number of aromatic amines is 1. The molecule has 0 bridgehead atoms. The van der Waals surface area contributed by atoms with Gasteiger partial charge in [0.25, 0.3) is 5.56 Å². The van der Waals surface area contributed by atoms with E-state index in [0.29, 0.717) is 0 Å². The van der Waals surface area contributed by atoms with E-state index in [2.05, 4.69) is 30.9 Å². The van der Waals surface area contributed by atoms with Crippen molar-refractivity contribution >= 4 is 22.0 Å². The SMILES string of the molecule is [N-]=[N+]=N[C@@H]1CC(n2cc(/C=C/Br)c(=O)[nH]c2=O)O[C@@H]1CO. The van der Waals surface area contributed by atoms with Crippen LogP contribution in [0.25, 0.3) is 16.5 Å². The van der Waals surface area contributed by atoms with Crippen molar-refractivity contribution in [3.05, 3.63) is 48.0 Å². The molecule has 1 unspecified atom stereocenters. The van der Waals surface area contributed by atoms with Crippen LogP contribution in [0.1, 0.15) is 18.2 Å². The van der Waals surface area contributed by atoms with Gasteiger partial charge in [-0.05, 0) is 16.6 Å². The Labute approximate surface area is 126 Å². The van der Waals surface area contributed by atoms with Crippen LogP contribution >= 0.6 is 15.9 Å². The Bertz CT molecular complexity index is 705. The number of hydrogen-bond acceptors (Lipinski definition) is 5. The molecule has 9 nitrogen and oxygen atoms in total. The van der Waals surface area contributed by atoms with Gasteiger partial charge in [-0.2, -0.15) is 0 Å². The average molecular weight is 358 g/mol. The molecule has 112 valence electrons. The van der Waals surface area contributed by atoms with E-state index < -0.39 is 29.6 Å². The lowest BCUT2D eigenvalue weighted by atomic mass is 10.1. The highest BCUT2D eigenvalue weighted by Gasteiger charge is 2.35. The van der Waals surface area contributed by atoms with Gasteiger partial charge in [0.15, 0.2) is 0 Å². The van der Waals surface area contributed by atoms with Gasteiger partial charge >= 0.3 is 5.69 Å². The highest BCUT2D eigenvalue weighted by atomic mass is 79.9. The van der Waals surface area contributed by atoms with Gasteiger partial charge in [-0.25, -0.2) is 4.79 Å². The van der Waals surface area contributed by atoms with Crippen molar-refractivity contribution in [2.45, 2.75) is 24.8 Å². The molecule has 1 aliphatic heterocycles. The van der Waals surface area contributed by atoms with Gasteiger partial charge in [0.2, 0.25) is 0 Å². The summed E-state index contributed by atoms with van der Waals surface area (Å²) in [5, 5.41) is 12.8. The van der Waals surface area contributed by atoms with Gasteiger partial charge in [0.05, 0.1) is 24.3 Å². The molecule has 0 amide bonds. The fourth-order valence-corrected chi connectivity index (χ4v) is 2.42. The molecular formula is C11H12BrN5O4. The average Bonchev–Trinajstić information content (AvgIpc) is 2.85. The zero-order valence-corrected chi connectivity index (χ0v) is 12.3. The fraction of sp³-hybridized carbons (Fsp3) is 0.455. The van der Waals surface area contributed by atoms with Crippen molar-refractivity contribution in [1.82, 2.24) is 9.55 Å². The van der Waals surface area contributed by atoms with Gasteiger partial charge in [-0.1, -0.05) is 21.0 Å². The Balaban J connectivity index is 2.39. The first-order valence-electron chi connectivity index (χ1n) is 6.03. The van der Waals surface area contributed by atoms with E-state index in [-0.39, 0.29) is 18.6 Å². The van der Waals surface area contributed by atoms with E-state index in [9.17, 15) is 14.7 Å². The molecule has 0 aliphatic carbocycles. The number of hydrogen-bond donors (Lipinski definition) is 2. The topological polar surface area (TPSA) is 133 Å². The third-order valence-electron chi connectivity index (χ3n) is 3.13. The summed E-state index contributed by atoms with van der Waals surface area (Å²) in [6.07, 6.45) is 1.68. The van der Waals surface area contributed by atoms with Crippen molar-refractivity contribution < 1.29 is 9.84 Å². The first kappa shape index (κ1) is 15.5. The van der Waals surface area contributed by atoms with Crippen LogP contribution in [0.4, 0.5) is 0 Å².